The van der Waals surface area contributed by atoms with Gasteiger partial charge in [0, 0.05) is 0 Å². The van der Waals surface area contributed by atoms with Gasteiger partial charge in [0.2, 0.25) is 6.41 Å². The van der Waals surface area contributed by atoms with Gasteiger partial charge in [-0.1, -0.05) is 12.1 Å². The zero-order valence-corrected chi connectivity index (χ0v) is 14.3. The van der Waals surface area contributed by atoms with Gasteiger partial charge in [0.1, 0.15) is 11.4 Å². The Balaban J connectivity index is 2.01. The average Bonchev–Trinajstić information content (AvgIpc) is 2.70. The highest BCUT2D eigenvalue weighted by molar-refractivity contribution is 5.87. The van der Waals surface area contributed by atoms with Crippen LogP contribution in [0.2, 0.25) is 0 Å². The lowest BCUT2D eigenvalue weighted by Crippen LogP contribution is -2.36. The lowest BCUT2D eigenvalue weighted by atomic mass is 10.3. The Labute approximate surface area is 149 Å². The van der Waals surface area contributed by atoms with E-state index in [0.29, 0.717) is 17.8 Å². The number of nitrogens with one attached hydrogen (secondary N) is 1. The summed E-state index contributed by atoms with van der Waals surface area (Å²) >= 11 is 0. The van der Waals surface area contributed by atoms with Gasteiger partial charge in [-0.25, -0.2) is 25.0 Å². The predicted molar refractivity (Wildman–Crippen MR) is 89.6 cm³/mol. The Morgan fingerprint density at radius 3 is 2.08 bits per heavy atom. The van der Waals surface area contributed by atoms with E-state index in [1.54, 1.807) is 24.3 Å². The van der Waals surface area contributed by atoms with E-state index >= 15 is 0 Å². The van der Waals surface area contributed by atoms with Crippen LogP contribution in [0, 0.1) is 0 Å². The van der Waals surface area contributed by atoms with Crippen LogP contribution in [0.4, 0.5) is 0 Å². The molecule has 2 aromatic rings. The quantitative estimate of drug-likeness (QED) is 0.417. The summed E-state index contributed by atoms with van der Waals surface area (Å²) in [5.74, 6) is -1.09. The molecule has 0 aliphatic rings. The molecule has 0 aliphatic carbocycles. The van der Waals surface area contributed by atoms with Crippen molar-refractivity contribution in [3.05, 3.63) is 59.2 Å². The standard InChI is InChI=1S/C17H18N4O5/c1-25-16(23)14-7-3-5-12(19-14)9-18-21(11-22)10-13-6-4-8-15(20-13)17(24)26-2/h3-8,11,18H,9-10H2,1-2H3. The van der Waals surface area contributed by atoms with Crippen molar-refractivity contribution < 1.29 is 23.9 Å². The van der Waals surface area contributed by atoms with Crippen LogP contribution in [-0.4, -0.2) is 47.5 Å². The number of methoxy groups -OCH3 is 2. The van der Waals surface area contributed by atoms with E-state index in [1.807, 2.05) is 0 Å². The average molecular weight is 358 g/mol. The number of aromatic nitrogens is 2. The number of carbonyl (C=O) groups excluding carboxylic acids is 3. The number of amides is 1. The van der Waals surface area contributed by atoms with Crippen molar-refractivity contribution in [2.24, 2.45) is 0 Å². The largest absolute Gasteiger partial charge is 0.464 e. The Morgan fingerprint density at radius 1 is 1.00 bits per heavy atom. The van der Waals surface area contributed by atoms with Crippen molar-refractivity contribution in [3.8, 4) is 0 Å². The van der Waals surface area contributed by atoms with Gasteiger partial charge in [0.25, 0.3) is 0 Å². The smallest absolute Gasteiger partial charge is 0.356 e. The molecule has 0 bridgehead atoms. The van der Waals surface area contributed by atoms with Gasteiger partial charge in [0.05, 0.1) is 38.7 Å². The molecule has 0 aliphatic heterocycles. The first-order valence-corrected chi connectivity index (χ1v) is 7.61. The number of hydrogen-bond acceptors (Lipinski definition) is 8. The minimum Gasteiger partial charge on any atom is -0.464 e. The molecule has 2 aromatic heterocycles. The maximum absolute atomic E-state index is 11.5. The first-order valence-electron chi connectivity index (χ1n) is 7.61. The first kappa shape index (κ1) is 19.0. The van der Waals surface area contributed by atoms with Crippen molar-refractivity contribution in [3.63, 3.8) is 0 Å². The number of esters is 2. The summed E-state index contributed by atoms with van der Waals surface area (Å²) in [7, 11) is 2.55. The predicted octanol–water partition coefficient (Wildman–Crippen LogP) is 0.713. The summed E-state index contributed by atoms with van der Waals surface area (Å²) < 4.78 is 9.24. The first-order chi connectivity index (χ1) is 12.6. The Bertz CT molecular complexity index is 796. The van der Waals surface area contributed by atoms with E-state index in [4.69, 9.17) is 0 Å². The molecule has 0 saturated carbocycles. The van der Waals surface area contributed by atoms with Crippen molar-refractivity contribution in [1.29, 1.82) is 0 Å². The van der Waals surface area contributed by atoms with Crippen LogP contribution in [0.25, 0.3) is 0 Å². The fourth-order valence-electron chi connectivity index (χ4n) is 2.07. The number of carbonyl (C=O) groups is 3. The third-order valence-electron chi connectivity index (χ3n) is 3.33. The molecule has 136 valence electrons. The molecule has 9 heteroatoms. The Hall–Kier alpha value is -3.33. The second-order valence-electron chi connectivity index (χ2n) is 5.08. The molecule has 0 unspecified atom stereocenters. The number of rotatable bonds is 8. The van der Waals surface area contributed by atoms with E-state index in [9.17, 15) is 14.4 Å². The van der Waals surface area contributed by atoms with Gasteiger partial charge < -0.3 is 9.47 Å². The maximum atomic E-state index is 11.5. The zero-order chi connectivity index (χ0) is 18.9. The second-order valence-corrected chi connectivity index (χ2v) is 5.08. The number of ether oxygens (including phenoxy) is 2. The second kappa shape index (κ2) is 9.23. The fraction of sp³-hybridized carbons (Fsp3) is 0.235. The highest BCUT2D eigenvalue weighted by atomic mass is 16.5. The lowest BCUT2D eigenvalue weighted by Gasteiger charge is -2.18. The summed E-state index contributed by atoms with van der Waals surface area (Å²) in [6.07, 6.45) is 0.594. The number of nitrogens with zero attached hydrogens (tertiary/aromatic N) is 3. The molecule has 0 saturated heterocycles. The van der Waals surface area contributed by atoms with Crippen LogP contribution in [0.1, 0.15) is 32.4 Å². The van der Waals surface area contributed by atoms with Crippen LogP contribution in [0.5, 0.6) is 0 Å². The van der Waals surface area contributed by atoms with Crippen LogP contribution in [-0.2, 0) is 27.4 Å². The molecule has 0 spiro atoms. The molecule has 2 heterocycles. The van der Waals surface area contributed by atoms with Crippen LogP contribution in [0.3, 0.4) is 0 Å². The topological polar surface area (TPSA) is 111 Å². The van der Waals surface area contributed by atoms with E-state index in [1.165, 1.54) is 31.4 Å². The highest BCUT2D eigenvalue weighted by Gasteiger charge is 2.11. The zero-order valence-electron chi connectivity index (χ0n) is 14.3. The van der Waals surface area contributed by atoms with Crippen molar-refractivity contribution >= 4 is 18.3 Å². The summed E-state index contributed by atoms with van der Waals surface area (Å²) in [5, 5.41) is 1.26. The van der Waals surface area contributed by atoms with Crippen molar-refractivity contribution in [2.75, 3.05) is 14.2 Å². The van der Waals surface area contributed by atoms with Gasteiger partial charge in [0.15, 0.2) is 0 Å². The van der Waals surface area contributed by atoms with Crippen LogP contribution < -0.4 is 5.43 Å². The van der Waals surface area contributed by atoms with Gasteiger partial charge in [-0.3, -0.25) is 9.80 Å². The van der Waals surface area contributed by atoms with Gasteiger partial charge in [-0.05, 0) is 24.3 Å². The molecule has 0 atom stereocenters. The Kier molecular flexibility index (Phi) is 6.75. The van der Waals surface area contributed by atoms with Crippen LogP contribution >= 0.6 is 0 Å². The number of pyridine rings is 2. The van der Waals surface area contributed by atoms with E-state index in [2.05, 4.69) is 24.9 Å². The summed E-state index contributed by atoms with van der Waals surface area (Å²) in [4.78, 5) is 42.6. The van der Waals surface area contributed by atoms with Crippen LogP contribution in [0.15, 0.2) is 36.4 Å². The monoisotopic (exact) mass is 358 g/mol. The fourth-order valence-corrected chi connectivity index (χ4v) is 2.07. The SMILES string of the molecule is COC(=O)c1cccc(CNN(C=O)Cc2cccc(C(=O)OC)n2)n1. The summed E-state index contributed by atoms with van der Waals surface area (Å²) in [5.41, 5.74) is 4.26. The lowest BCUT2D eigenvalue weighted by molar-refractivity contribution is -0.121. The molecule has 1 N–H and O–H groups in total. The molecule has 0 radical (unpaired) electrons. The molecule has 26 heavy (non-hydrogen) atoms. The third-order valence-corrected chi connectivity index (χ3v) is 3.33. The molecular weight excluding hydrogens is 340 g/mol. The van der Waals surface area contributed by atoms with Gasteiger partial charge >= 0.3 is 11.9 Å². The normalized spacial score (nSPS) is 10.1. The van der Waals surface area contributed by atoms with E-state index < -0.39 is 11.9 Å². The number of hydrogen-bond donors (Lipinski definition) is 1. The highest BCUT2D eigenvalue weighted by Crippen LogP contribution is 2.05. The molecule has 1 amide bonds. The van der Waals surface area contributed by atoms with E-state index in [-0.39, 0.29) is 24.5 Å². The summed E-state index contributed by atoms with van der Waals surface area (Å²) in [6, 6.07) is 9.77. The number of hydrazine groups is 1. The summed E-state index contributed by atoms with van der Waals surface area (Å²) in [6.45, 7) is 0.339. The maximum Gasteiger partial charge on any atom is 0.356 e. The minimum absolute atomic E-state index is 0.130. The minimum atomic E-state index is -0.554. The molecule has 2 rings (SSSR count). The van der Waals surface area contributed by atoms with Crippen molar-refractivity contribution in [2.45, 2.75) is 13.1 Å². The van der Waals surface area contributed by atoms with Gasteiger partial charge in [-0.2, -0.15) is 0 Å². The molecular formula is C17H18N4O5. The van der Waals surface area contributed by atoms with Gasteiger partial charge in [-0.15, -0.1) is 0 Å². The molecule has 0 fully saturated rings. The molecule has 0 aromatic carbocycles. The Morgan fingerprint density at radius 2 is 1.54 bits per heavy atom. The van der Waals surface area contributed by atoms with E-state index in [0.717, 1.165) is 0 Å². The molecule has 9 nitrogen and oxygen atoms in total. The van der Waals surface area contributed by atoms with Crippen molar-refractivity contribution in [1.82, 2.24) is 20.4 Å². The third kappa shape index (κ3) is 5.08.